The van der Waals surface area contributed by atoms with Gasteiger partial charge in [0, 0.05) is 30.1 Å². The molecule has 0 aromatic carbocycles. The maximum atomic E-state index is 12.8. The van der Waals surface area contributed by atoms with Crippen LogP contribution in [0.4, 0.5) is 0 Å². The number of thioether (sulfide) groups is 1. The van der Waals surface area contributed by atoms with Gasteiger partial charge in [-0.1, -0.05) is 11.8 Å². The van der Waals surface area contributed by atoms with Crippen LogP contribution in [0.15, 0.2) is 5.38 Å². The van der Waals surface area contributed by atoms with Crippen molar-refractivity contribution in [3.05, 3.63) is 31.7 Å². The van der Waals surface area contributed by atoms with E-state index in [1.165, 1.54) is 34.4 Å². The van der Waals surface area contributed by atoms with Crippen LogP contribution in [0.25, 0.3) is 0 Å². The lowest BCUT2D eigenvalue weighted by Crippen LogP contribution is -2.38. The van der Waals surface area contributed by atoms with Gasteiger partial charge in [-0.25, -0.2) is 9.97 Å². The van der Waals surface area contributed by atoms with Crippen LogP contribution in [0.2, 0.25) is 0 Å². The van der Waals surface area contributed by atoms with Crippen molar-refractivity contribution in [2.75, 3.05) is 18.8 Å². The second kappa shape index (κ2) is 8.53. The first-order valence-electron chi connectivity index (χ1n) is 9.58. The molecule has 2 amide bonds. The SMILES string of the molecule is Cc1nc(C)c(C(=O)N2CCC(c3nc(C(=O)NC4CCSC4=O)cs3)CC2)s1. The Balaban J connectivity index is 1.34. The largest absolute Gasteiger partial charge is 0.340 e. The molecule has 1 N–H and O–H groups in total. The Morgan fingerprint density at radius 3 is 2.55 bits per heavy atom. The summed E-state index contributed by atoms with van der Waals surface area (Å²) in [4.78, 5) is 48.3. The Morgan fingerprint density at radius 2 is 1.93 bits per heavy atom. The van der Waals surface area contributed by atoms with Gasteiger partial charge in [0.25, 0.3) is 11.8 Å². The van der Waals surface area contributed by atoms with Gasteiger partial charge < -0.3 is 10.2 Å². The average Bonchev–Trinajstić information content (AvgIpc) is 3.42. The molecule has 4 rings (SSSR count). The highest BCUT2D eigenvalue weighted by atomic mass is 32.2. The minimum Gasteiger partial charge on any atom is -0.340 e. The molecule has 0 spiro atoms. The number of aryl methyl sites for hydroxylation is 2. The molecule has 2 aliphatic heterocycles. The van der Waals surface area contributed by atoms with E-state index in [4.69, 9.17) is 0 Å². The summed E-state index contributed by atoms with van der Waals surface area (Å²) in [6, 6.07) is -0.397. The summed E-state index contributed by atoms with van der Waals surface area (Å²) < 4.78 is 0. The molecule has 154 valence electrons. The third kappa shape index (κ3) is 4.39. The number of likely N-dealkylation sites (tertiary alicyclic amines) is 1. The maximum Gasteiger partial charge on any atom is 0.271 e. The summed E-state index contributed by atoms with van der Waals surface area (Å²) >= 11 is 4.20. The third-order valence-electron chi connectivity index (χ3n) is 5.22. The average molecular weight is 451 g/mol. The quantitative estimate of drug-likeness (QED) is 0.770. The zero-order valence-corrected chi connectivity index (χ0v) is 18.7. The minimum absolute atomic E-state index is 0.0252. The first-order valence-corrected chi connectivity index (χ1v) is 12.3. The number of amides is 2. The normalized spacial score (nSPS) is 20.3. The summed E-state index contributed by atoms with van der Waals surface area (Å²) in [6.45, 7) is 5.14. The Labute approximate surface area is 181 Å². The molecule has 7 nitrogen and oxygen atoms in total. The number of carbonyl (C=O) groups excluding carboxylic acids is 3. The number of hydrogen-bond donors (Lipinski definition) is 1. The van der Waals surface area contributed by atoms with Crippen LogP contribution in [0.1, 0.15) is 61.0 Å². The Hall–Kier alpha value is -1.78. The number of nitrogens with zero attached hydrogens (tertiary/aromatic N) is 3. The molecule has 2 aromatic heterocycles. The van der Waals surface area contributed by atoms with Crippen molar-refractivity contribution in [3.63, 3.8) is 0 Å². The topological polar surface area (TPSA) is 92.3 Å². The van der Waals surface area contributed by atoms with E-state index in [9.17, 15) is 14.4 Å². The second-order valence-electron chi connectivity index (χ2n) is 7.27. The van der Waals surface area contributed by atoms with Crippen molar-refractivity contribution in [1.29, 1.82) is 0 Å². The fourth-order valence-electron chi connectivity index (χ4n) is 3.64. The molecule has 29 heavy (non-hydrogen) atoms. The van der Waals surface area contributed by atoms with E-state index >= 15 is 0 Å². The summed E-state index contributed by atoms with van der Waals surface area (Å²) in [5.74, 6) is 0.782. The zero-order chi connectivity index (χ0) is 20.5. The van der Waals surface area contributed by atoms with Crippen LogP contribution < -0.4 is 5.32 Å². The molecule has 4 heterocycles. The molecule has 0 bridgehead atoms. The molecular weight excluding hydrogens is 428 g/mol. The van der Waals surface area contributed by atoms with E-state index < -0.39 is 6.04 Å². The lowest BCUT2D eigenvalue weighted by Gasteiger charge is -2.30. The van der Waals surface area contributed by atoms with E-state index in [2.05, 4.69) is 15.3 Å². The predicted octanol–water partition coefficient (Wildman–Crippen LogP) is 3.00. The number of hydrogen-bond acceptors (Lipinski definition) is 8. The van der Waals surface area contributed by atoms with E-state index in [-0.39, 0.29) is 22.8 Å². The number of aromatic nitrogens is 2. The van der Waals surface area contributed by atoms with Gasteiger partial charge in [0.1, 0.15) is 10.6 Å². The van der Waals surface area contributed by atoms with Crippen LogP contribution in [0.3, 0.4) is 0 Å². The van der Waals surface area contributed by atoms with Crippen molar-refractivity contribution >= 4 is 51.4 Å². The number of piperidine rings is 1. The summed E-state index contributed by atoms with van der Waals surface area (Å²) in [7, 11) is 0. The van der Waals surface area contributed by atoms with Gasteiger partial charge in [0.05, 0.1) is 21.8 Å². The molecular formula is C19H22N4O3S3. The van der Waals surface area contributed by atoms with E-state index in [0.717, 1.165) is 39.2 Å². The van der Waals surface area contributed by atoms with Gasteiger partial charge in [0.2, 0.25) is 5.12 Å². The smallest absolute Gasteiger partial charge is 0.271 e. The lowest BCUT2D eigenvalue weighted by atomic mass is 9.97. The van der Waals surface area contributed by atoms with Gasteiger partial charge in [-0.2, -0.15) is 0 Å². The molecule has 10 heteroatoms. The van der Waals surface area contributed by atoms with E-state index in [1.807, 2.05) is 18.7 Å². The van der Waals surface area contributed by atoms with Gasteiger partial charge >= 0.3 is 0 Å². The van der Waals surface area contributed by atoms with Crippen LogP contribution in [0, 0.1) is 13.8 Å². The Kier molecular flexibility index (Phi) is 6.03. The fourth-order valence-corrected chi connectivity index (χ4v) is 6.43. The minimum atomic E-state index is -0.397. The Bertz CT molecular complexity index is 946. The first-order chi connectivity index (χ1) is 13.9. The Morgan fingerprint density at radius 1 is 1.17 bits per heavy atom. The van der Waals surface area contributed by atoms with Crippen molar-refractivity contribution in [1.82, 2.24) is 20.2 Å². The van der Waals surface area contributed by atoms with Crippen molar-refractivity contribution in [3.8, 4) is 0 Å². The van der Waals surface area contributed by atoms with Crippen LogP contribution in [-0.4, -0.2) is 56.7 Å². The summed E-state index contributed by atoms with van der Waals surface area (Å²) in [5.41, 5.74) is 1.18. The standard InChI is InChI=1S/C19H22N4O3S3/c1-10-15(29-11(2)20-10)18(25)23-6-3-12(4-7-23)17-22-14(9-28-17)16(24)21-13-5-8-27-19(13)26/h9,12-13H,3-8H2,1-2H3,(H,21,24). The highest BCUT2D eigenvalue weighted by Gasteiger charge is 2.30. The van der Waals surface area contributed by atoms with Crippen molar-refractivity contribution in [2.24, 2.45) is 0 Å². The molecule has 2 saturated heterocycles. The summed E-state index contributed by atoms with van der Waals surface area (Å²) in [6.07, 6.45) is 2.33. The van der Waals surface area contributed by atoms with Crippen LogP contribution in [0.5, 0.6) is 0 Å². The fraction of sp³-hybridized carbons (Fsp3) is 0.526. The molecule has 2 aromatic rings. The zero-order valence-electron chi connectivity index (χ0n) is 16.3. The number of carbonyl (C=O) groups is 3. The van der Waals surface area contributed by atoms with E-state index in [1.54, 1.807) is 5.38 Å². The highest BCUT2D eigenvalue weighted by Crippen LogP contribution is 2.32. The lowest BCUT2D eigenvalue weighted by molar-refractivity contribution is -0.112. The number of nitrogens with one attached hydrogen (secondary N) is 1. The summed E-state index contributed by atoms with van der Waals surface area (Å²) in [5, 5.41) is 6.41. The van der Waals surface area contributed by atoms with Crippen LogP contribution in [-0.2, 0) is 4.79 Å². The second-order valence-corrected chi connectivity index (χ2v) is 10.5. The molecule has 2 fully saturated rings. The van der Waals surface area contributed by atoms with Crippen LogP contribution >= 0.6 is 34.4 Å². The number of thiazole rings is 2. The van der Waals surface area contributed by atoms with Gasteiger partial charge in [-0.3, -0.25) is 14.4 Å². The van der Waals surface area contributed by atoms with Gasteiger partial charge in [-0.05, 0) is 33.1 Å². The van der Waals surface area contributed by atoms with Gasteiger partial charge in [-0.15, -0.1) is 22.7 Å². The van der Waals surface area contributed by atoms with E-state index in [0.29, 0.717) is 25.2 Å². The molecule has 1 atom stereocenters. The first kappa shape index (κ1) is 20.5. The number of rotatable bonds is 4. The molecule has 0 aliphatic carbocycles. The highest BCUT2D eigenvalue weighted by molar-refractivity contribution is 8.14. The predicted molar refractivity (Wildman–Crippen MR) is 115 cm³/mol. The van der Waals surface area contributed by atoms with Crippen molar-refractivity contribution < 1.29 is 14.4 Å². The molecule has 0 saturated carbocycles. The monoisotopic (exact) mass is 450 g/mol. The molecule has 2 aliphatic rings. The third-order valence-corrected chi connectivity index (χ3v) is 8.30. The molecule has 1 unspecified atom stereocenters. The molecule has 0 radical (unpaired) electrons. The maximum absolute atomic E-state index is 12.8. The van der Waals surface area contributed by atoms with Gasteiger partial charge in [0.15, 0.2) is 0 Å². The van der Waals surface area contributed by atoms with Crippen molar-refractivity contribution in [2.45, 2.75) is 45.1 Å².